The molecular formula is C24H36FN5O. The van der Waals surface area contributed by atoms with Crippen LogP contribution in [0, 0.1) is 11.7 Å². The Morgan fingerprint density at radius 3 is 2.71 bits per heavy atom. The Labute approximate surface area is 185 Å². The van der Waals surface area contributed by atoms with E-state index in [1.807, 2.05) is 42.0 Å². The lowest BCUT2D eigenvalue weighted by atomic mass is 9.96. The summed E-state index contributed by atoms with van der Waals surface area (Å²) in [6, 6.07) is 7.22. The van der Waals surface area contributed by atoms with Gasteiger partial charge in [-0.05, 0) is 59.3 Å². The fourth-order valence-corrected chi connectivity index (χ4v) is 4.13. The molecule has 0 aliphatic carbocycles. The molecule has 2 heterocycles. The van der Waals surface area contributed by atoms with E-state index < -0.39 is 0 Å². The van der Waals surface area contributed by atoms with Crippen LogP contribution in [0.3, 0.4) is 0 Å². The smallest absolute Gasteiger partial charge is 0.257 e. The molecule has 1 unspecified atom stereocenters. The summed E-state index contributed by atoms with van der Waals surface area (Å²) in [5, 5.41) is 4.34. The molecule has 0 N–H and O–H groups in total. The van der Waals surface area contributed by atoms with Gasteiger partial charge in [-0.3, -0.25) is 14.4 Å². The number of rotatable bonds is 9. The summed E-state index contributed by atoms with van der Waals surface area (Å²) < 4.78 is 15.9. The molecule has 2 aromatic rings. The van der Waals surface area contributed by atoms with Crippen molar-refractivity contribution in [3.63, 3.8) is 0 Å². The molecule has 1 aliphatic rings. The van der Waals surface area contributed by atoms with Gasteiger partial charge < -0.3 is 9.80 Å². The summed E-state index contributed by atoms with van der Waals surface area (Å²) in [4.78, 5) is 19.7. The van der Waals surface area contributed by atoms with Crippen molar-refractivity contribution >= 4 is 5.91 Å². The molecule has 7 heteroatoms. The molecule has 1 aromatic heterocycles. The fourth-order valence-electron chi connectivity index (χ4n) is 4.13. The molecule has 1 aliphatic heterocycles. The molecular weight excluding hydrogens is 393 g/mol. The molecule has 1 aromatic carbocycles. The van der Waals surface area contributed by atoms with Crippen molar-refractivity contribution in [2.45, 2.75) is 39.3 Å². The van der Waals surface area contributed by atoms with Crippen molar-refractivity contribution in [2.75, 3.05) is 46.8 Å². The second kappa shape index (κ2) is 10.9. The lowest BCUT2D eigenvalue weighted by Crippen LogP contribution is -2.44. The predicted octanol–water partition coefficient (Wildman–Crippen LogP) is 3.52. The van der Waals surface area contributed by atoms with Gasteiger partial charge in [-0.2, -0.15) is 5.10 Å². The van der Waals surface area contributed by atoms with Gasteiger partial charge in [0, 0.05) is 50.5 Å². The predicted molar refractivity (Wildman–Crippen MR) is 121 cm³/mol. The third-order valence-electron chi connectivity index (χ3n) is 5.92. The number of carbonyl (C=O) groups is 1. The third-order valence-corrected chi connectivity index (χ3v) is 5.92. The Hall–Kier alpha value is -2.25. The van der Waals surface area contributed by atoms with Crippen LogP contribution in [0.5, 0.6) is 0 Å². The number of piperidine rings is 1. The Morgan fingerprint density at radius 2 is 2.03 bits per heavy atom. The third kappa shape index (κ3) is 6.61. The van der Waals surface area contributed by atoms with Gasteiger partial charge in [0.1, 0.15) is 5.82 Å². The SMILES string of the molecule is CC(C)n1cc(C(=O)N(CCN(C)C)CC2CCCN(Cc3ccccc3F)C2)cn1. The number of carbonyl (C=O) groups excluding carboxylic acids is 1. The van der Waals surface area contributed by atoms with Crippen molar-refractivity contribution in [3.8, 4) is 0 Å². The zero-order valence-corrected chi connectivity index (χ0v) is 19.3. The monoisotopic (exact) mass is 429 g/mol. The van der Waals surface area contributed by atoms with Gasteiger partial charge in [0.05, 0.1) is 11.8 Å². The molecule has 1 atom stereocenters. The number of hydrogen-bond donors (Lipinski definition) is 0. The average Bonchev–Trinajstić information content (AvgIpc) is 3.23. The molecule has 1 saturated heterocycles. The first-order chi connectivity index (χ1) is 14.8. The van der Waals surface area contributed by atoms with Gasteiger partial charge >= 0.3 is 0 Å². The van der Waals surface area contributed by atoms with Crippen molar-refractivity contribution in [3.05, 3.63) is 53.6 Å². The minimum atomic E-state index is -0.144. The highest BCUT2D eigenvalue weighted by Gasteiger charge is 2.26. The van der Waals surface area contributed by atoms with Crippen molar-refractivity contribution < 1.29 is 9.18 Å². The van der Waals surface area contributed by atoms with Crippen molar-refractivity contribution in [1.29, 1.82) is 0 Å². The summed E-state index contributed by atoms with van der Waals surface area (Å²) in [6.45, 7) is 8.79. The number of hydrogen-bond acceptors (Lipinski definition) is 4. The van der Waals surface area contributed by atoms with Crippen LogP contribution in [0.4, 0.5) is 4.39 Å². The van der Waals surface area contributed by atoms with E-state index >= 15 is 0 Å². The number of nitrogens with zero attached hydrogens (tertiary/aromatic N) is 5. The highest BCUT2D eigenvalue weighted by molar-refractivity contribution is 5.93. The summed E-state index contributed by atoms with van der Waals surface area (Å²) in [5.41, 5.74) is 1.39. The van der Waals surface area contributed by atoms with Crippen LogP contribution in [-0.4, -0.2) is 77.2 Å². The van der Waals surface area contributed by atoms with E-state index in [-0.39, 0.29) is 17.8 Å². The lowest BCUT2D eigenvalue weighted by molar-refractivity contribution is 0.0660. The molecule has 0 radical (unpaired) electrons. The second-order valence-electron chi connectivity index (χ2n) is 9.19. The van der Waals surface area contributed by atoms with Crippen LogP contribution >= 0.6 is 0 Å². The quantitative estimate of drug-likeness (QED) is 0.612. The molecule has 0 bridgehead atoms. The molecule has 1 amide bonds. The van der Waals surface area contributed by atoms with Crippen molar-refractivity contribution in [1.82, 2.24) is 24.5 Å². The zero-order valence-electron chi connectivity index (χ0n) is 19.3. The number of aromatic nitrogens is 2. The Morgan fingerprint density at radius 1 is 1.26 bits per heavy atom. The summed E-state index contributed by atoms with van der Waals surface area (Å²) in [7, 11) is 4.05. The van der Waals surface area contributed by atoms with Crippen LogP contribution in [0.2, 0.25) is 0 Å². The standard InChI is InChI=1S/C24H36FN5O/c1-19(2)30-18-22(14-26-30)24(31)29(13-12-27(3)4)16-20-8-7-11-28(15-20)17-21-9-5-6-10-23(21)25/h5-6,9-10,14,18-20H,7-8,11-13,15-17H2,1-4H3. The van der Waals surface area contributed by atoms with Crippen LogP contribution < -0.4 is 0 Å². The maximum Gasteiger partial charge on any atom is 0.257 e. The van der Waals surface area contributed by atoms with Gasteiger partial charge in [-0.1, -0.05) is 18.2 Å². The number of likely N-dealkylation sites (tertiary alicyclic amines) is 1. The lowest BCUT2D eigenvalue weighted by Gasteiger charge is -2.36. The Kier molecular flexibility index (Phi) is 8.21. The molecule has 0 spiro atoms. The normalized spacial score (nSPS) is 17.5. The number of amides is 1. The van der Waals surface area contributed by atoms with E-state index in [0.29, 0.717) is 31.1 Å². The van der Waals surface area contributed by atoms with Crippen LogP contribution in [0.25, 0.3) is 0 Å². The first-order valence-corrected chi connectivity index (χ1v) is 11.3. The molecule has 0 saturated carbocycles. The van der Waals surface area contributed by atoms with Gasteiger partial charge in [-0.25, -0.2) is 4.39 Å². The van der Waals surface area contributed by atoms with E-state index in [0.717, 1.165) is 38.0 Å². The molecule has 31 heavy (non-hydrogen) atoms. The van der Waals surface area contributed by atoms with E-state index in [2.05, 4.69) is 28.7 Å². The fraction of sp³-hybridized carbons (Fsp3) is 0.583. The highest BCUT2D eigenvalue weighted by Crippen LogP contribution is 2.21. The summed E-state index contributed by atoms with van der Waals surface area (Å²) in [6.07, 6.45) is 5.68. The van der Waals surface area contributed by atoms with E-state index in [9.17, 15) is 9.18 Å². The van der Waals surface area contributed by atoms with E-state index in [1.54, 1.807) is 12.3 Å². The van der Waals surface area contributed by atoms with Crippen LogP contribution in [0.15, 0.2) is 36.7 Å². The highest BCUT2D eigenvalue weighted by atomic mass is 19.1. The minimum absolute atomic E-state index is 0.0416. The Bertz CT molecular complexity index is 850. The topological polar surface area (TPSA) is 44.6 Å². The van der Waals surface area contributed by atoms with E-state index in [1.165, 1.54) is 6.07 Å². The van der Waals surface area contributed by atoms with Gasteiger partial charge in [0.15, 0.2) is 0 Å². The first-order valence-electron chi connectivity index (χ1n) is 11.3. The van der Waals surface area contributed by atoms with Crippen LogP contribution in [0.1, 0.15) is 48.7 Å². The Balaban J connectivity index is 1.66. The van der Waals surface area contributed by atoms with Gasteiger partial charge in [0.2, 0.25) is 0 Å². The van der Waals surface area contributed by atoms with E-state index in [4.69, 9.17) is 0 Å². The number of benzene rings is 1. The average molecular weight is 430 g/mol. The zero-order chi connectivity index (χ0) is 22.4. The maximum atomic E-state index is 14.1. The minimum Gasteiger partial charge on any atom is -0.337 e. The van der Waals surface area contributed by atoms with Gasteiger partial charge in [-0.15, -0.1) is 0 Å². The maximum absolute atomic E-state index is 14.1. The van der Waals surface area contributed by atoms with Gasteiger partial charge in [0.25, 0.3) is 5.91 Å². The largest absolute Gasteiger partial charge is 0.337 e. The molecule has 3 rings (SSSR count). The molecule has 6 nitrogen and oxygen atoms in total. The van der Waals surface area contributed by atoms with Crippen LogP contribution in [-0.2, 0) is 6.54 Å². The van der Waals surface area contributed by atoms with Crippen molar-refractivity contribution in [2.24, 2.45) is 5.92 Å². The number of likely N-dealkylation sites (N-methyl/N-ethyl adjacent to an activating group) is 1. The molecule has 1 fully saturated rings. The summed E-state index contributed by atoms with van der Waals surface area (Å²) in [5.74, 6) is 0.279. The number of halogens is 1. The first kappa shape index (κ1) is 23.4. The summed E-state index contributed by atoms with van der Waals surface area (Å²) >= 11 is 0. The molecule has 170 valence electrons. The second-order valence-corrected chi connectivity index (χ2v) is 9.19.